The minimum Gasteiger partial charge on any atom is -0.496 e. The lowest BCUT2D eigenvalue weighted by molar-refractivity contribution is 0.406. The van der Waals surface area contributed by atoms with Crippen LogP contribution in [0.3, 0.4) is 0 Å². The zero-order valence-corrected chi connectivity index (χ0v) is 11.1. The number of ether oxygens (including phenoxy) is 1. The molecule has 3 heteroatoms. The molecular weight excluding hydrogens is 226 g/mol. The standard InChI is InChI=1S/C15H19NO2/c1-11-8-13(10-18-11)14(16-2)9-12-6-4-5-7-15(12)17-3/h4-8,10,14,16H,9H2,1-3H3. The summed E-state index contributed by atoms with van der Waals surface area (Å²) in [6.07, 6.45) is 2.69. The largest absolute Gasteiger partial charge is 0.496 e. The van der Waals surface area contributed by atoms with Crippen molar-refractivity contribution in [3.8, 4) is 5.75 Å². The smallest absolute Gasteiger partial charge is 0.122 e. The summed E-state index contributed by atoms with van der Waals surface area (Å²) < 4.78 is 10.8. The molecule has 2 aromatic rings. The van der Waals surface area contributed by atoms with E-state index >= 15 is 0 Å². The van der Waals surface area contributed by atoms with E-state index in [0.29, 0.717) is 0 Å². The molecule has 3 nitrogen and oxygen atoms in total. The number of likely N-dealkylation sites (N-methyl/N-ethyl adjacent to an activating group) is 1. The molecule has 0 aliphatic rings. The van der Waals surface area contributed by atoms with Crippen molar-refractivity contribution >= 4 is 0 Å². The normalized spacial score (nSPS) is 12.4. The molecule has 0 bridgehead atoms. The quantitative estimate of drug-likeness (QED) is 0.879. The van der Waals surface area contributed by atoms with Crippen molar-refractivity contribution in [1.29, 1.82) is 0 Å². The molecule has 0 saturated heterocycles. The Labute approximate surface area is 108 Å². The number of para-hydroxylation sites is 1. The highest BCUT2D eigenvalue weighted by Gasteiger charge is 2.14. The zero-order chi connectivity index (χ0) is 13.0. The topological polar surface area (TPSA) is 34.4 Å². The Morgan fingerprint density at radius 3 is 2.72 bits per heavy atom. The monoisotopic (exact) mass is 245 g/mol. The summed E-state index contributed by atoms with van der Waals surface area (Å²) >= 11 is 0. The van der Waals surface area contributed by atoms with Crippen molar-refractivity contribution in [3.63, 3.8) is 0 Å². The molecule has 0 aliphatic heterocycles. The molecule has 0 radical (unpaired) electrons. The van der Waals surface area contributed by atoms with Crippen molar-refractivity contribution in [2.24, 2.45) is 0 Å². The van der Waals surface area contributed by atoms with Gasteiger partial charge in [-0.25, -0.2) is 0 Å². The lowest BCUT2D eigenvalue weighted by Gasteiger charge is -2.16. The number of aryl methyl sites for hydroxylation is 1. The van der Waals surface area contributed by atoms with Gasteiger partial charge in [-0.05, 0) is 38.1 Å². The molecule has 0 saturated carbocycles. The zero-order valence-electron chi connectivity index (χ0n) is 11.1. The fourth-order valence-corrected chi connectivity index (χ4v) is 2.12. The van der Waals surface area contributed by atoms with Crippen molar-refractivity contribution in [1.82, 2.24) is 5.32 Å². The van der Waals surface area contributed by atoms with Crippen LogP contribution in [0.4, 0.5) is 0 Å². The van der Waals surface area contributed by atoms with E-state index in [1.165, 1.54) is 11.1 Å². The summed E-state index contributed by atoms with van der Waals surface area (Å²) in [7, 11) is 3.66. The molecule has 1 heterocycles. The molecule has 0 amide bonds. The van der Waals surface area contributed by atoms with Crippen LogP contribution in [0.15, 0.2) is 41.0 Å². The Balaban J connectivity index is 2.20. The van der Waals surface area contributed by atoms with Gasteiger partial charge < -0.3 is 14.5 Å². The summed E-state index contributed by atoms with van der Waals surface area (Å²) in [4.78, 5) is 0. The summed E-state index contributed by atoms with van der Waals surface area (Å²) in [5.41, 5.74) is 2.36. The number of furan rings is 1. The van der Waals surface area contributed by atoms with Crippen LogP contribution in [0.25, 0.3) is 0 Å². The second-order valence-corrected chi connectivity index (χ2v) is 4.35. The van der Waals surface area contributed by atoms with Gasteiger partial charge in [0.05, 0.1) is 13.4 Å². The van der Waals surface area contributed by atoms with Crippen molar-refractivity contribution in [3.05, 3.63) is 53.5 Å². The van der Waals surface area contributed by atoms with Crippen LogP contribution in [0, 0.1) is 6.92 Å². The molecule has 0 fully saturated rings. The van der Waals surface area contributed by atoms with E-state index in [0.717, 1.165) is 17.9 Å². The fraction of sp³-hybridized carbons (Fsp3) is 0.333. The number of hydrogen-bond acceptors (Lipinski definition) is 3. The molecule has 1 aromatic carbocycles. The van der Waals surface area contributed by atoms with Crippen LogP contribution in [-0.4, -0.2) is 14.2 Å². The number of nitrogens with one attached hydrogen (secondary N) is 1. The molecule has 18 heavy (non-hydrogen) atoms. The maximum absolute atomic E-state index is 5.38. The van der Waals surface area contributed by atoms with Crippen LogP contribution in [-0.2, 0) is 6.42 Å². The SMILES string of the molecule is CNC(Cc1ccccc1OC)c1coc(C)c1. The van der Waals surface area contributed by atoms with Gasteiger partial charge in [-0.2, -0.15) is 0 Å². The minimum absolute atomic E-state index is 0.235. The third-order valence-electron chi connectivity index (χ3n) is 3.12. The third kappa shape index (κ3) is 2.74. The average Bonchev–Trinajstić information content (AvgIpc) is 2.83. The highest BCUT2D eigenvalue weighted by molar-refractivity contribution is 5.35. The molecule has 1 unspecified atom stereocenters. The first-order valence-electron chi connectivity index (χ1n) is 6.08. The first-order chi connectivity index (χ1) is 8.74. The highest BCUT2D eigenvalue weighted by atomic mass is 16.5. The second-order valence-electron chi connectivity index (χ2n) is 4.35. The Kier molecular flexibility index (Phi) is 4.05. The van der Waals surface area contributed by atoms with E-state index in [9.17, 15) is 0 Å². The maximum Gasteiger partial charge on any atom is 0.122 e. The molecule has 0 aliphatic carbocycles. The van der Waals surface area contributed by atoms with E-state index in [4.69, 9.17) is 9.15 Å². The summed E-state index contributed by atoms with van der Waals surface area (Å²) in [5.74, 6) is 1.86. The van der Waals surface area contributed by atoms with Gasteiger partial charge in [0.15, 0.2) is 0 Å². The predicted molar refractivity (Wildman–Crippen MR) is 71.9 cm³/mol. The van der Waals surface area contributed by atoms with E-state index in [1.807, 2.05) is 38.4 Å². The van der Waals surface area contributed by atoms with E-state index in [2.05, 4.69) is 17.4 Å². The predicted octanol–water partition coefficient (Wildman–Crippen LogP) is 3.10. The number of hydrogen-bond donors (Lipinski definition) is 1. The Morgan fingerprint density at radius 2 is 2.11 bits per heavy atom. The Morgan fingerprint density at radius 1 is 1.33 bits per heavy atom. The Hall–Kier alpha value is -1.74. The van der Waals surface area contributed by atoms with E-state index < -0.39 is 0 Å². The fourth-order valence-electron chi connectivity index (χ4n) is 2.12. The van der Waals surface area contributed by atoms with E-state index in [1.54, 1.807) is 7.11 Å². The van der Waals surface area contributed by atoms with Crippen molar-refractivity contribution in [2.75, 3.05) is 14.2 Å². The molecule has 96 valence electrons. The number of methoxy groups -OCH3 is 1. The molecule has 2 rings (SSSR count). The van der Waals surface area contributed by atoms with E-state index in [-0.39, 0.29) is 6.04 Å². The Bertz CT molecular complexity index is 505. The van der Waals surface area contributed by atoms with Gasteiger partial charge in [-0.15, -0.1) is 0 Å². The second kappa shape index (κ2) is 5.74. The summed E-state index contributed by atoms with van der Waals surface area (Å²) in [6, 6.07) is 10.4. The van der Waals surface area contributed by atoms with Crippen LogP contribution >= 0.6 is 0 Å². The van der Waals surface area contributed by atoms with Crippen LogP contribution < -0.4 is 10.1 Å². The number of rotatable bonds is 5. The molecule has 1 N–H and O–H groups in total. The summed E-state index contributed by atoms with van der Waals surface area (Å²) in [6.45, 7) is 1.96. The first kappa shape index (κ1) is 12.7. The average molecular weight is 245 g/mol. The maximum atomic E-state index is 5.38. The van der Waals surface area contributed by atoms with Gasteiger partial charge >= 0.3 is 0 Å². The van der Waals surface area contributed by atoms with Gasteiger partial charge in [0.1, 0.15) is 11.5 Å². The van der Waals surface area contributed by atoms with Gasteiger partial charge in [0, 0.05) is 11.6 Å². The van der Waals surface area contributed by atoms with Crippen LogP contribution in [0.5, 0.6) is 5.75 Å². The molecule has 1 aromatic heterocycles. The van der Waals surface area contributed by atoms with Gasteiger partial charge in [-0.1, -0.05) is 18.2 Å². The van der Waals surface area contributed by atoms with Crippen LogP contribution in [0.1, 0.15) is 22.9 Å². The van der Waals surface area contributed by atoms with Crippen molar-refractivity contribution < 1.29 is 9.15 Å². The summed E-state index contributed by atoms with van der Waals surface area (Å²) in [5, 5.41) is 3.32. The van der Waals surface area contributed by atoms with Gasteiger partial charge in [0.2, 0.25) is 0 Å². The first-order valence-corrected chi connectivity index (χ1v) is 6.08. The third-order valence-corrected chi connectivity index (χ3v) is 3.12. The molecule has 0 spiro atoms. The van der Waals surface area contributed by atoms with Gasteiger partial charge in [0.25, 0.3) is 0 Å². The number of benzene rings is 1. The lowest BCUT2D eigenvalue weighted by atomic mass is 10.0. The van der Waals surface area contributed by atoms with Gasteiger partial charge in [-0.3, -0.25) is 0 Å². The lowest BCUT2D eigenvalue weighted by Crippen LogP contribution is -2.18. The van der Waals surface area contributed by atoms with Crippen LogP contribution in [0.2, 0.25) is 0 Å². The van der Waals surface area contributed by atoms with Crippen molar-refractivity contribution in [2.45, 2.75) is 19.4 Å². The minimum atomic E-state index is 0.235. The molecular formula is C15H19NO2. The highest BCUT2D eigenvalue weighted by Crippen LogP contribution is 2.25. The molecule has 1 atom stereocenters.